The van der Waals surface area contributed by atoms with Crippen LogP contribution in [0.2, 0.25) is 13.1 Å². The van der Waals surface area contributed by atoms with E-state index in [2.05, 4.69) is 6.58 Å². The minimum Gasteiger partial charge on any atom is -0.343 e. The SMILES string of the molecule is C=CCN(C=O)C[Si](C)(C)Cl. The van der Waals surface area contributed by atoms with E-state index >= 15 is 0 Å². The molecule has 0 aromatic carbocycles. The third-order valence-electron chi connectivity index (χ3n) is 1.09. The van der Waals surface area contributed by atoms with Crippen molar-refractivity contribution in [2.24, 2.45) is 0 Å². The fraction of sp³-hybridized carbons (Fsp3) is 0.571. The lowest BCUT2D eigenvalue weighted by atomic mass is 10.6. The summed E-state index contributed by atoms with van der Waals surface area (Å²) in [5.41, 5.74) is 0. The van der Waals surface area contributed by atoms with E-state index in [1.165, 1.54) is 0 Å². The molecule has 0 saturated carbocycles. The van der Waals surface area contributed by atoms with Gasteiger partial charge in [0.25, 0.3) is 0 Å². The Kier molecular flexibility index (Phi) is 4.45. The van der Waals surface area contributed by atoms with Crippen LogP contribution >= 0.6 is 11.1 Å². The van der Waals surface area contributed by atoms with Crippen molar-refractivity contribution in [1.29, 1.82) is 0 Å². The summed E-state index contributed by atoms with van der Waals surface area (Å²) >= 11 is 6.05. The van der Waals surface area contributed by atoms with E-state index in [-0.39, 0.29) is 0 Å². The molecule has 0 rings (SSSR count). The maximum absolute atomic E-state index is 10.4. The van der Waals surface area contributed by atoms with Gasteiger partial charge in [-0.05, 0) is 0 Å². The van der Waals surface area contributed by atoms with E-state index in [0.717, 1.165) is 6.41 Å². The van der Waals surface area contributed by atoms with E-state index in [4.69, 9.17) is 11.1 Å². The zero-order valence-electron chi connectivity index (χ0n) is 7.01. The monoisotopic (exact) mass is 191 g/mol. The maximum atomic E-state index is 10.4. The Balaban J connectivity index is 3.87. The van der Waals surface area contributed by atoms with Crippen molar-refractivity contribution in [3.63, 3.8) is 0 Å². The minimum absolute atomic E-state index is 0.590. The molecule has 0 heterocycles. The average molecular weight is 192 g/mol. The van der Waals surface area contributed by atoms with Crippen LogP contribution in [0.3, 0.4) is 0 Å². The van der Waals surface area contributed by atoms with Crippen LogP contribution in [0.4, 0.5) is 0 Å². The number of carbonyl (C=O) groups is 1. The summed E-state index contributed by atoms with van der Waals surface area (Å²) in [4.78, 5) is 12.1. The third kappa shape index (κ3) is 6.13. The predicted octanol–water partition coefficient (Wildman–Crippen LogP) is 1.61. The Hall–Kier alpha value is -0.283. The van der Waals surface area contributed by atoms with Gasteiger partial charge < -0.3 is 4.90 Å². The van der Waals surface area contributed by atoms with Gasteiger partial charge in [0, 0.05) is 12.7 Å². The second kappa shape index (κ2) is 4.57. The molecule has 0 bridgehead atoms. The molecule has 11 heavy (non-hydrogen) atoms. The zero-order chi connectivity index (χ0) is 8.91. The molecule has 0 unspecified atom stereocenters. The smallest absolute Gasteiger partial charge is 0.209 e. The Labute approximate surface area is 73.6 Å². The fourth-order valence-corrected chi connectivity index (χ4v) is 2.42. The van der Waals surface area contributed by atoms with Crippen LogP contribution in [0.5, 0.6) is 0 Å². The van der Waals surface area contributed by atoms with Gasteiger partial charge >= 0.3 is 0 Å². The minimum atomic E-state index is -1.66. The molecule has 0 aliphatic heterocycles. The normalized spacial score (nSPS) is 10.8. The van der Waals surface area contributed by atoms with Crippen LogP contribution in [0.15, 0.2) is 12.7 Å². The molecule has 2 nitrogen and oxygen atoms in total. The standard InChI is InChI=1S/C7H14ClNOSi/c1-4-5-9(6-10)7-11(2,3)8/h4,6H,1,5,7H2,2-3H3. The number of hydrogen-bond acceptors (Lipinski definition) is 1. The van der Waals surface area contributed by atoms with Crippen LogP contribution in [-0.2, 0) is 4.79 Å². The van der Waals surface area contributed by atoms with Gasteiger partial charge in [0.15, 0.2) is 7.38 Å². The highest BCUT2D eigenvalue weighted by molar-refractivity contribution is 7.19. The Morgan fingerprint density at radius 1 is 1.64 bits per heavy atom. The highest BCUT2D eigenvalue weighted by atomic mass is 35.6. The first-order chi connectivity index (χ1) is 4.99. The summed E-state index contributed by atoms with van der Waals surface area (Å²) in [6, 6.07) is 0. The van der Waals surface area contributed by atoms with Crippen molar-refractivity contribution >= 4 is 24.9 Å². The van der Waals surface area contributed by atoms with Gasteiger partial charge in [-0.15, -0.1) is 6.58 Å². The molecule has 1 amide bonds. The number of amides is 1. The van der Waals surface area contributed by atoms with Crippen molar-refractivity contribution in [3.05, 3.63) is 12.7 Å². The maximum Gasteiger partial charge on any atom is 0.209 e. The quantitative estimate of drug-likeness (QED) is 0.280. The molecule has 0 spiro atoms. The van der Waals surface area contributed by atoms with Gasteiger partial charge in [-0.2, -0.15) is 11.1 Å². The summed E-state index contributed by atoms with van der Waals surface area (Å²) in [5, 5.41) is 0. The number of hydrogen-bond donors (Lipinski definition) is 0. The topological polar surface area (TPSA) is 20.3 Å². The summed E-state index contributed by atoms with van der Waals surface area (Å²) in [6.45, 7) is 8.16. The van der Waals surface area contributed by atoms with Crippen LogP contribution in [0.25, 0.3) is 0 Å². The number of carbonyl (C=O) groups excluding carboxylic acids is 1. The van der Waals surface area contributed by atoms with Crippen LogP contribution in [-0.4, -0.2) is 31.4 Å². The first-order valence-corrected chi connectivity index (χ1v) is 7.70. The molecule has 0 aromatic heterocycles. The Bertz CT molecular complexity index is 144. The second-order valence-electron chi connectivity index (χ2n) is 3.04. The van der Waals surface area contributed by atoms with E-state index in [9.17, 15) is 4.79 Å². The van der Waals surface area contributed by atoms with Gasteiger partial charge in [-0.3, -0.25) is 4.79 Å². The van der Waals surface area contributed by atoms with Crippen LogP contribution < -0.4 is 0 Å². The zero-order valence-corrected chi connectivity index (χ0v) is 8.77. The van der Waals surface area contributed by atoms with Crippen molar-refractivity contribution in [2.45, 2.75) is 13.1 Å². The lowest BCUT2D eigenvalue weighted by Gasteiger charge is -2.21. The Morgan fingerprint density at radius 3 is 2.45 bits per heavy atom. The second-order valence-corrected chi connectivity index (χ2v) is 9.87. The van der Waals surface area contributed by atoms with Gasteiger partial charge in [-0.1, -0.05) is 19.2 Å². The first kappa shape index (κ1) is 10.7. The summed E-state index contributed by atoms with van der Waals surface area (Å²) in [6.07, 6.45) is 3.20. The first-order valence-electron chi connectivity index (χ1n) is 3.49. The predicted molar refractivity (Wildman–Crippen MR) is 51.2 cm³/mol. The van der Waals surface area contributed by atoms with E-state index in [1.807, 2.05) is 13.1 Å². The third-order valence-corrected chi connectivity index (χ3v) is 2.61. The molecule has 0 aliphatic carbocycles. The molecule has 4 heteroatoms. The average Bonchev–Trinajstić information content (AvgIpc) is 1.84. The molecule has 0 aliphatic rings. The largest absolute Gasteiger partial charge is 0.343 e. The molecule has 0 fully saturated rings. The summed E-state index contributed by atoms with van der Waals surface area (Å²) in [5.74, 6) is 0. The summed E-state index contributed by atoms with van der Waals surface area (Å²) < 4.78 is 0. The van der Waals surface area contributed by atoms with Gasteiger partial charge in [-0.25, -0.2) is 0 Å². The molecule has 0 saturated heterocycles. The van der Waals surface area contributed by atoms with Crippen molar-refractivity contribution < 1.29 is 4.79 Å². The fourth-order valence-electron chi connectivity index (χ4n) is 0.794. The molecule has 0 atom stereocenters. The molecular weight excluding hydrogens is 178 g/mol. The lowest BCUT2D eigenvalue weighted by Crippen LogP contribution is -2.37. The van der Waals surface area contributed by atoms with Crippen LogP contribution in [0, 0.1) is 0 Å². The van der Waals surface area contributed by atoms with Crippen LogP contribution in [0.1, 0.15) is 0 Å². The van der Waals surface area contributed by atoms with Crippen molar-refractivity contribution in [1.82, 2.24) is 4.90 Å². The summed E-state index contributed by atoms with van der Waals surface area (Å²) in [7, 11) is -1.66. The lowest BCUT2D eigenvalue weighted by molar-refractivity contribution is -0.117. The van der Waals surface area contributed by atoms with Gasteiger partial charge in [0.2, 0.25) is 6.41 Å². The highest BCUT2D eigenvalue weighted by Crippen LogP contribution is 2.08. The molecule has 64 valence electrons. The highest BCUT2D eigenvalue weighted by Gasteiger charge is 2.19. The van der Waals surface area contributed by atoms with Crippen molar-refractivity contribution in [3.8, 4) is 0 Å². The van der Waals surface area contributed by atoms with Gasteiger partial charge in [0.1, 0.15) is 0 Å². The number of halogens is 1. The number of nitrogens with zero attached hydrogens (tertiary/aromatic N) is 1. The molecule has 0 radical (unpaired) electrons. The molecular formula is C7H14ClNOSi. The van der Waals surface area contributed by atoms with E-state index in [0.29, 0.717) is 12.7 Å². The van der Waals surface area contributed by atoms with Gasteiger partial charge in [0.05, 0.1) is 0 Å². The van der Waals surface area contributed by atoms with E-state index < -0.39 is 7.38 Å². The van der Waals surface area contributed by atoms with E-state index in [1.54, 1.807) is 11.0 Å². The molecule has 0 N–H and O–H groups in total. The Morgan fingerprint density at radius 2 is 2.18 bits per heavy atom. The van der Waals surface area contributed by atoms with Crippen molar-refractivity contribution in [2.75, 3.05) is 12.7 Å². The number of rotatable bonds is 5. The molecule has 0 aromatic rings.